The molecule has 0 fully saturated rings. The molecule has 0 aliphatic carbocycles. The first-order chi connectivity index (χ1) is 9.93. The number of hydrogen-bond donors (Lipinski definition) is 2. The van der Waals surface area contributed by atoms with Crippen LogP contribution in [-0.4, -0.2) is 50.8 Å². The highest BCUT2D eigenvalue weighted by Gasteiger charge is 2.01. The van der Waals surface area contributed by atoms with Gasteiger partial charge in [0.05, 0.1) is 0 Å². The van der Waals surface area contributed by atoms with Crippen LogP contribution < -0.4 is 10.6 Å². The summed E-state index contributed by atoms with van der Waals surface area (Å²) in [6, 6.07) is 0.377. The van der Waals surface area contributed by atoms with E-state index in [-0.39, 0.29) is 12.6 Å². The van der Waals surface area contributed by atoms with E-state index >= 15 is 0 Å². The average molecular weight is 298 g/mol. The zero-order valence-electron chi connectivity index (χ0n) is 13.1. The monoisotopic (exact) mass is 298 g/mol. The first kappa shape index (κ1) is 19.3. The van der Waals surface area contributed by atoms with Crippen molar-refractivity contribution < 1.29 is 19.1 Å². The molecule has 0 radical (unpaired) electrons. The second-order valence-electron chi connectivity index (χ2n) is 4.80. The van der Waals surface area contributed by atoms with E-state index in [2.05, 4.69) is 17.2 Å². The summed E-state index contributed by atoms with van der Waals surface area (Å²) in [4.78, 5) is 22.4. The maximum Gasteiger partial charge on any atom is 0.333 e. The molecule has 0 aromatic carbocycles. The summed E-state index contributed by atoms with van der Waals surface area (Å²) in [5.41, 5.74) is 0.379. The van der Waals surface area contributed by atoms with Crippen molar-refractivity contribution in [2.45, 2.75) is 26.8 Å². The Labute approximate surface area is 126 Å². The Morgan fingerprint density at radius 3 is 2.48 bits per heavy atom. The third-order valence-corrected chi connectivity index (χ3v) is 2.28. The second-order valence-corrected chi connectivity index (χ2v) is 4.80. The van der Waals surface area contributed by atoms with Gasteiger partial charge in [0.2, 0.25) is 0 Å². The molecule has 2 N–H and O–H groups in total. The van der Waals surface area contributed by atoms with Crippen LogP contribution in [0, 0.1) is 0 Å². The summed E-state index contributed by atoms with van der Waals surface area (Å²) in [5, 5.41) is 6.15. The molecule has 0 saturated heterocycles. The lowest BCUT2D eigenvalue weighted by Gasteiger charge is -2.07. The molecule has 0 aliphatic rings. The van der Waals surface area contributed by atoms with Crippen molar-refractivity contribution in [3.63, 3.8) is 0 Å². The largest absolute Gasteiger partial charge is 0.461 e. The molecule has 0 spiro atoms. The highest BCUT2D eigenvalue weighted by molar-refractivity contribution is 5.86. The Kier molecular flexibility index (Phi) is 11.2. The minimum absolute atomic E-state index is 0.269. The van der Waals surface area contributed by atoms with Crippen molar-refractivity contribution in [3.05, 3.63) is 24.3 Å². The third kappa shape index (κ3) is 13.1. The molecule has 0 amide bonds. The number of carbonyl (C=O) groups excluding carboxylic acids is 2. The first-order valence-corrected chi connectivity index (χ1v) is 7.03. The molecule has 0 aromatic heterocycles. The van der Waals surface area contributed by atoms with Crippen LogP contribution >= 0.6 is 0 Å². The zero-order chi connectivity index (χ0) is 16.1. The van der Waals surface area contributed by atoms with Gasteiger partial charge in [-0.15, -0.1) is 0 Å². The van der Waals surface area contributed by atoms with Gasteiger partial charge in [0.25, 0.3) is 0 Å². The highest BCUT2D eigenvalue weighted by atomic mass is 16.5. The van der Waals surface area contributed by atoms with Gasteiger partial charge in [0.1, 0.15) is 13.2 Å². The summed E-state index contributed by atoms with van der Waals surface area (Å²) in [6.07, 6.45) is 3.04. The van der Waals surface area contributed by atoms with Crippen molar-refractivity contribution in [3.8, 4) is 0 Å². The Morgan fingerprint density at radius 1 is 1.19 bits per heavy atom. The average Bonchev–Trinajstić information content (AvgIpc) is 2.41. The lowest BCUT2D eigenvalue weighted by Crippen LogP contribution is -2.27. The lowest BCUT2D eigenvalue weighted by atomic mass is 10.4. The van der Waals surface area contributed by atoms with Crippen LogP contribution in [0.3, 0.4) is 0 Å². The molecule has 0 saturated carbocycles. The van der Waals surface area contributed by atoms with Gasteiger partial charge in [-0.3, -0.25) is 0 Å². The lowest BCUT2D eigenvalue weighted by molar-refractivity contribution is -0.139. The maximum atomic E-state index is 11.3. The topological polar surface area (TPSA) is 76.7 Å². The molecule has 0 rings (SSSR count). The van der Waals surface area contributed by atoms with Crippen LogP contribution in [0.5, 0.6) is 0 Å². The number of nitrogens with one attached hydrogen (secondary N) is 2. The molecule has 0 bridgehead atoms. The van der Waals surface area contributed by atoms with E-state index < -0.39 is 5.97 Å². The van der Waals surface area contributed by atoms with E-state index in [1.165, 1.54) is 6.08 Å². The fraction of sp³-hybridized carbons (Fsp3) is 0.600. The number of esters is 2. The van der Waals surface area contributed by atoms with Crippen molar-refractivity contribution in [2.24, 2.45) is 0 Å². The summed E-state index contributed by atoms with van der Waals surface area (Å²) < 4.78 is 9.88. The first-order valence-electron chi connectivity index (χ1n) is 7.03. The van der Waals surface area contributed by atoms with E-state index in [1.54, 1.807) is 13.0 Å². The van der Waals surface area contributed by atoms with Crippen molar-refractivity contribution in [1.29, 1.82) is 0 Å². The number of hydrogen-bond acceptors (Lipinski definition) is 6. The predicted molar refractivity (Wildman–Crippen MR) is 81.9 cm³/mol. The summed E-state index contributed by atoms with van der Waals surface area (Å²) in [6.45, 7) is 11.4. The van der Waals surface area contributed by atoms with Crippen LogP contribution in [0.4, 0.5) is 0 Å². The Morgan fingerprint density at radius 2 is 1.86 bits per heavy atom. The van der Waals surface area contributed by atoms with Gasteiger partial charge in [-0.25, -0.2) is 9.59 Å². The number of rotatable bonds is 11. The maximum absolute atomic E-state index is 11.3. The third-order valence-electron chi connectivity index (χ3n) is 2.28. The molecular weight excluding hydrogens is 272 g/mol. The minimum Gasteiger partial charge on any atom is -0.461 e. The van der Waals surface area contributed by atoms with Crippen molar-refractivity contribution in [1.82, 2.24) is 10.6 Å². The molecule has 6 heteroatoms. The van der Waals surface area contributed by atoms with Gasteiger partial charge in [-0.05, 0) is 6.92 Å². The standard InChI is InChI=1S/C15H26N2O4/c1-12(2)15(19)21-10-8-16-7-5-6-14(18)20-11-9-17-13(3)4/h5-6,13,16-17H,1,7-11H2,2-4H3/b6-5+. The van der Waals surface area contributed by atoms with Gasteiger partial charge in [0.15, 0.2) is 0 Å². The molecule has 0 atom stereocenters. The van der Waals surface area contributed by atoms with E-state index in [0.717, 1.165) is 0 Å². The Hall–Kier alpha value is -1.66. The summed E-state index contributed by atoms with van der Waals surface area (Å²) >= 11 is 0. The molecule has 0 unspecified atom stereocenters. The predicted octanol–water partition coefficient (Wildman–Crippen LogP) is 0.793. The smallest absolute Gasteiger partial charge is 0.333 e. The number of ether oxygens (including phenoxy) is 2. The number of carbonyl (C=O) groups is 2. The minimum atomic E-state index is -0.397. The molecule has 0 heterocycles. The highest BCUT2D eigenvalue weighted by Crippen LogP contribution is 1.90. The quantitative estimate of drug-likeness (QED) is 0.334. The van der Waals surface area contributed by atoms with Crippen LogP contribution in [0.1, 0.15) is 20.8 Å². The van der Waals surface area contributed by atoms with Gasteiger partial charge >= 0.3 is 11.9 Å². The van der Waals surface area contributed by atoms with Crippen LogP contribution in [0.2, 0.25) is 0 Å². The molecule has 0 aliphatic heterocycles. The normalized spacial score (nSPS) is 10.9. The van der Waals surface area contributed by atoms with E-state index in [0.29, 0.717) is 37.9 Å². The van der Waals surface area contributed by atoms with Crippen LogP contribution in [0.15, 0.2) is 24.3 Å². The molecule has 6 nitrogen and oxygen atoms in total. The van der Waals surface area contributed by atoms with E-state index in [1.807, 2.05) is 13.8 Å². The van der Waals surface area contributed by atoms with Gasteiger partial charge in [-0.1, -0.05) is 26.5 Å². The second kappa shape index (κ2) is 12.1. The molecule has 21 heavy (non-hydrogen) atoms. The molecular formula is C15H26N2O4. The summed E-state index contributed by atoms with van der Waals surface area (Å²) in [7, 11) is 0. The van der Waals surface area contributed by atoms with Crippen LogP contribution in [0.25, 0.3) is 0 Å². The van der Waals surface area contributed by atoms with Gasteiger partial charge in [0, 0.05) is 37.3 Å². The van der Waals surface area contributed by atoms with Crippen LogP contribution in [-0.2, 0) is 19.1 Å². The molecule has 0 aromatic rings. The van der Waals surface area contributed by atoms with Gasteiger partial charge in [-0.2, -0.15) is 0 Å². The zero-order valence-corrected chi connectivity index (χ0v) is 13.1. The summed E-state index contributed by atoms with van der Waals surface area (Å²) in [5.74, 6) is -0.762. The Balaban J connectivity index is 3.48. The van der Waals surface area contributed by atoms with E-state index in [4.69, 9.17) is 9.47 Å². The van der Waals surface area contributed by atoms with Crippen molar-refractivity contribution >= 4 is 11.9 Å². The van der Waals surface area contributed by atoms with Gasteiger partial charge < -0.3 is 20.1 Å². The fourth-order valence-electron chi connectivity index (χ4n) is 1.23. The fourth-order valence-corrected chi connectivity index (χ4v) is 1.23. The Bertz CT molecular complexity index is 365. The molecule has 120 valence electrons. The van der Waals surface area contributed by atoms with E-state index in [9.17, 15) is 9.59 Å². The SMILES string of the molecule is C=C(C)C(=O)OCCNC/C=C/C(=O)OCCNC(C)C. The van der Waals surface area contributed by atoms with Crippen molar-refractivity contribution in [2.75, 3.05) is 32.8 Å².